The van der Waals surface area contributed by atoms with Crippen molar-refractivity contribution in [2.75, 3.05) is 39.4 Å². The third kappa shape index (κ3) is 16.2. The highest BCUT2D eigenvalue weighted by atomic mass is 32.2. The summed E-state index contributed by atoms with van der Waals surface area (Å²) in [6.45, 7) is 14.9. The summed E-state index contributed by atoms with van der Waals surface area (Å²) in [7, 11) is -3.87. The predicted molar refractivity (Wildman–Crippen MR) is 238 cm³/mol. The molecular weight excluding hydrogens is 825 g/mol. The van der Waals surface area contributed by atoms with Crippen molar-refractivity contribution >= 4 is 34.0 Å². The van der Waals surface area contributed by atoms with Gasteiger partial charge in [0.2, 0.25) is 11.8 Å². The third-order valence-electron chi connectivity index (χ3n) is 11.0. The van der Waals surface area contributed by atoms with Gasteiger partial charge in [0.25, 0.3) is 10.1 Å². The maximum atomic E-state index is 13.9. The van der Waals surface area contributed by atoms with Crippen LogP contribution in [0.4, 0.5) is 4.79 Å². The van der Waals surface area contributed by atoms with Gasteiger partial charge in [0.05, 0.1) is 23.3 Å². The van der Waals surface area contributed by atoms with Gasteiger partial charge in [-0.15, -0.1) is 0 Å². The Morgan fingerprint density at radius 2 is 1.48 bits per heavy atom. The lowest BCUT2D eigenvalue weighted by Gasteiger charge is -2.35. The molecular formula is C48H66N4O10S. The normalized spacial score (nSPS) is 16.8. The summed E-state index contributed by atoms with van der Waals surface area (Å²) in [5.74, 6) is -0.141. The van der Waals surface area contributed by atoms with Crippen LogP contribution in [0.1, 0.15) is 115 Å². The molecule has 1 aromatic heterocycles. The summed E-state index contributed by atoms with van der Waals surface area (Å²) in [4.78, 5) is 61.1. The highest BCUT2D eigenvalue weighted by Crippen LogP contribution is 2.27. The lowest BCUT2D eigenvalue weighted by Crippen LogP contribution is -2.46. The zero-order valence-corrected chi connectivity index (χ0v) is 38.8. The second-order valence-electron chi connectivity index (χ2n) is 18.7. The molecule has 3 amide bonds. The zero-order valence-electron chi connectivity index (χ0n) is 38.0. The standard InChI is InChI=1S/C48H66N4O10S/c1-34-10-19-41(20-11-34)63(57,58)60-28-27-59-40-17-14-35(15-18-40)12-13-37-29-39(32-49-31-37)42(30-44(54)61-47(2,3)4)50-45(55)38-9-8-24-52(33-38)43(53)21-16-36-22-25-51(26-23-36)46(56)62-48(5,6)7/h10-11,14-15,17-20,29,31-32,36,38,42H,8-9,12-13,16,21-28,30,33H2,1-7H3,(H,50,55)/t38-,42?/m1/s1. The van der Waals surface area contributed by atoms with Crippen molar-refractivity contribution in [2.24, 2.45) is 11.8 Å². The number of carbonyl (C=O) groups is 4. The summed E-state index contributed by atoms with van der Waals surface area (Å²) < 4.78 is 46.9. The molecule has 0 radical (unpaired) electrons. The molecule has 0 bridgehead atoms. The molecule has 0 saturated carbocycles. The molecule has 2 aliphatic rings. The summed E-state index contributed by atoms with van der Waals surface area (Å²) >= 11 is 0. The van der Waals surface area contributed by atoms with Crippen molar-refractivity contribution in [1.82, 2.24) is 20.1 Å². The fourth-order valence-electron chi connectivity index (χ4n) is 7.68. The van der Waals surface area contributed by atoms with Crippen LogP contribution in [0.3, 0.4) is 0 Å². The van der Waals surface area contributed by atoms with E-state index in [1.54, 1.807) is 55.1 Å². The van der Waals surface area contributed by atoms with Crippen LogP contribution in [-0.4, -0.2) is 97.7 Å². The van der Waals surface area contributed by atoms with Crippen molar-refractivity contribution in [3.63, 3.8) is 0 Å². The van der Waals surface area contributed by atoms with E-state index in [-0.39, 0.29) is 42.4 Å². The molecule has 2 fully saturated rings. The lowest BCUT2D eigenvalue weighted by molar-refractivity contribution is -0.155. The van der Waals surface area contributed by atoms with Gasteiger partial charge in [-0.05, 0) is 140 Å². The first-order valence-corrected chi connectivity index (χ1v) is 23.5. The van der Waals surface area contributed by atoms with E-state index in [2.05, 4.69) is 10.3 Å². The van der Waals surface area contributed by atoms with Gasteiger partial charge in [-0.1, -0.05) is 35.9 Å². The molecule has 1 N–H and O–H groups in total. The van der Waals surface area contributed by atoms with E-state index in [0.29, 0.717) is 75.5 Å². The topological polar surface area (TPSA) is 171 Å². The minimum absolute atomic E-state index is 0.0308. The highest BCUT2D eigenvalue weighted by molar-refractivity contribution is 7.86. The smallest absolute Gasteiger partial charge is 0.410 e. The number of amides is 3. The number of hydrogen-bond donors (Lipinski definition) is 1. The summed E-state index contributed by atoms with van der Waals surface area (Å²) in [6, 6.07) is 15.3. The Hall–Kier alpha value is -5.02. The molecule has 63 heavy (non-hydrogen) atoms. The van der Waals surface area contributed by atoms with E-state index in [4.69, 9.17) is 18.4 Å². The lowest BCUT2D eigenvalue weighted by atomic mass is 9.91. The minimum Gasteiger partial charge on any atom is -0.491 e. The van der Waals surface area contributed by atoms with Crippen LogP contribution >= 0.6 is 0 Å². The number of carbonyl (C=O) groups excluding carboxylic acids is 4. The molecule has 2 saturated heterocycles. The van der Waals surface area contributed by atoms with Crippen molar-refractivity contribution in [3.05, 3.63) is 89.2 Å². The van der Waals surface area contributed by atoms with E-state index in [1.807, 2.05) is 58.0 Å². The first-order chi connectivity index (χ1) is 29.7. The van der Waals surface area contributed by atoms with Crippen LogP contribution in [0.25, 0.3) is 0 Å². The molecule has 1 unspecified atom stereocenters. The van der Waals surface area contributed by atoms with Crippen LogP contribution in [0.15, 0.2) is 71.9 Å². The third-order valence-corrected chi connectivity index (χ3v) is 12.4. The largest absolute Gasteiger partial charge is 0.491 e. The van der Waals surface area contributed by atoms with Crippen LogP contribution in [0.2, 0.25) is 0 Å². The van der Waals surface area contributed by atoms with Gasteiger partial charge in [0.15, 0.2) is 0 Å². The fraction of sp³-hybridized carbons (Fsp3) is 0.562. The second-order valence-corrected chi connectivity index (χ2v) is 20.3. The van der Waals surface area contributed by atoms with Crippen LogP contribution < -0.4 is 10.1 Å². The number of aromatic nitrogens is 1. The van der Waals surface area contributed by atoms with Gasteiger partial charge in [-0.25, -0.2) is 4.79 Å². The molecule has 2 aromatic carbocycles. The minimum atomic E-state index is -3.87. The van der Waals surface area contributed by atoms with Crippen molar-refractivity contribution in [2.45, 2.75) is 128 Å². The monoisotopic (exact) mass is 890 g/mol. The number of piperidine rings is 2. The van der Waals surface area contributed by atoms with E-state index in [9.17, 15) is 27.6 Å². The van der Waals surface area contributed by atoms with Crippen molar-refractivity contribution < 1.29 is 46.0 Å². The number of likely N-dealkylation sites (tertiary alicyclic amines) is 2. The maximum absolute atomic E-state index is 13.9. The molecule has 14 nitrogen and oxygen atoms in total. The summed E-state index contributed by atoms with van der Waals surface area (Å²) in [6.07, 6.45) is 8.47. The molecule has 3 heterocycles. The number of hydrogen-bond acceptors (Lipinski definition) is 11. The Bertz CT molecular complexity index is 2110. The van der Waals surface area contributed by atoms with Gasteiger partial charge in [0.1, 0.15) is 30.2 Å². The van der Waals surface area contributed by atoms with Gasteiger partial charge >= 0.3 is 12.1 Å². The van der Waals surface area contributed by atoms with Gasteiger partial charge < -0.3 is 29.3 Å². The van der Waals surface area contributed by atoms with Crippen LogP contribution in [-0.2, 0) is 51.0 Å². The number of aryl methyl sites for hydroxylation is 3. The first-order valence-electron chi connectivity index (χ1n) is 22.1. The quantitative estimate of drug-likeness (QED) is 0.0808. The Balaban J connectivity index is 1.12. The molecule has 5 rings (SSSR count). The number of nitrogens with one attached hydrogen (secondary N) is 1. The molecule has 0 spiro atoms. The Labute approximate surface area is 373 Å². The number of esters is 1. The molecule has 15 heteroatoms. The predicted octanol–water partition coefficient (Wildman–Crippen LogP) is 7.51. The number of rotatable bonds is 17. The van der Waals surface area contributed by atoms with Crippen molar-refractivity contribution in [1.29, 1.82) is 0 Å². The summed E-state index contributed by atoms with van der Waals surface area (Å²) in [5.41, 5.74) is 2.36. The molecule has 3 aromatic rings. The average molecular weight is 891 g/mol. The zero-order chi connectivity index (χ0) is 45.8. The van der Waals surface area contributed by atoms with Gasteiger partial charge in [-0.3, -0.25) is 23.6 Å². The fourth-order valence-corrected chi connectivity index (χ4v) is 8.57. The Morgan fingerprint density at radius 1 is 0.810 bits per heavy atom. The first kappa shape index (κ1) is 49.0. The number of nitrogens with zero attached hydrogens (tertiary/aromatic N) is 3. The average Bonchev–Trinajstić information content (AvgIpc) is 3.23. The van der Waals surface area contributed by atoms with Gasteiger partial charge in [0, 0.05) is 45.0 Å². The number of pyridine rings is 1. The second kappa shape index (κ2) is 22.1. The van der Waals surface area contributed by atoms with E-state index in [1.165, 1.54) is 12.1 Å². The van der Waals surface area contributed by atoms with E-state index >= 15 is 0 Å². The molecule has 2 aliphatic heterocycles. The van der Waals surface area contributed by atoms with Crippen LogP contribution in [0, 0.1) is 18.8 Å². The van der Waals surface area contributed by atoms with Gasteiger partial charge in [-0.2, -0.15) is 8.42 Å². The summed E-state index contributed by atoms with van der Waals surface area (Å²) in [5, 5.41) is 3.12. The van der Waals surface area contributed by atoms with Crippen molar-refractivity contribution in [3.8, 4) is 5.75 Å². The van der Waals surface area contributed by atoms with E-state index in [0.717, 1.165) is 36.0 Å². The Morgan fingerprint density at radius 3 is 2.14 bits per heavy atom. The van der Waals surface area contributed by atoms with E-state index < -0.39 is 39.2 Å². The highest BCUT2D eigenvalue weighted by Gasteiger charge is 2.32. The SMILES string of the molecule is Cc1ccc(S(=O)(=O)OCCOc2ccc(CCc3cncc(C(CC(=O)OC(C)(C)C)NC(=O)[C@@H]4CCCN(C(=O)CCC5CCN(C(=O)OC(C)(C)C)CC5)C4)c3)cc2)cc1. The number of ether oxygens (including phenoxy) is 3. The maximum Gasteiger partial charge on any atom is 0.410 e. The molecule has 0 aliphatic carbocycles. The number of benzene rings is 2. The molecule has 2 atom stereocenters. The Kier molecular flexibility index (Phi) is 17.2. The van der Waals surface area contributed by atoms with Crippen LogP contribution in [0.5, 0.6) is 5.75 Å². The molecule has 344 valence electrons.